The molecule has 0 aliphatic heterocycles. The number of urea groups is 1. The van der Waals surface area contributed by atoms with Crippen LogP contribution in [0.25, 0.3) is 5.70 Å². The van der Waals surface area contributed by atoms with Gasteiger partial charge in [0.25, 0.3) is 0 Å². The maximum absolute atomic E-state index is 12.2. The number of carbonyl (C=O) groups excluding carboxylic acids is 1. The first-order valence-corrected chi connectivity index (χ1v) is 11.5. The average Bonchev–Trinajstić information content (AvgIpc) is 3.48. The van der Waals surface area contributed by atoms with Gasteiger partial charge in [0.2, 0.25) is 0 Å². The Bertz CT molecular complexity index is 776. The van der Waals surface area contributed by atoms with Crippen LogP contribution in [0.3, 0.4) is 0 Å². The second-order valence-corrected chi connectivity index (χ2v) is 9.16. The molecule has 0 radical (unpaired) electrons. The second-order valence-electron chi connectivity index (χ2n) is 9.16. The van der Waals surface area contributed by atoms with Gasteiger partial charge in [-0.05, 0) is 56.4 Å². The van der Waals surface area contributed by atoms with Crippen LogP contribution in [-0.2, 0) is 6.42 Å². The third-order valence-corrected chi connectivity index (χ3v) is 6.54. The number of nitrogens with zero attached hydrogens (tertiary/aromatic N) is 3. The summed E-state index contributed by atoms with van der Waals surface area (Å²) < 4.78 is 2.27. The van der Waals surface area contributed by atoms with Crippen molar-refractivity contribution in [3.63, 3.8) is 0 Å². The molecular formula is C23H35N5O. The topological polar surface area (TPSA) is 71.8 Å². The summed E-state index contributed by atoms with van der Waals surface area (Å²) in [6.07, 6.45) is 16.8. The van der Waals surface area contributed by atoms with Crippen LogP contribution < -0.4 is 10.6 Å². The van der Waals surface area contributed by atoms with Crippen LogP contribution in [-0.4, -0.2) is 33.4 Å². The third-order valence-electron chi connectivity index (χ3n) is 6.54. The molecule has 1 heterocycles. The van der Waals surface area contributed by atoms with Gasteiger partial charge in [0.1, 0.15) is 11.6 Å². The lowest BCUT2D eigenvalue weighted by Gasteiger charge is -2.29. The van der Waals surface area contributed by atoms with Crippen molar-refractivity contribution in [2.45, 2.75) is 83.6 Å². The number of aryl methyl sites for hydroxylation is 1. The fourth-order valence-electron chi connectivity index (χ4n) is 4.46. The Kier molecular flexibility index (Phi) is 6.36. The highest BCUT2D eigenvalue weighted by molar-refractivity contribution is 5.74. The fourth-order valence-corrected chi connectivity index (χ4v) is 4.46. The fraction of sp³-hybridized carbons (Fsp3) is 0.696. The molecule has 2 amide bonds. The summed E-state index contributed by atoms with van der Waals surface area (Å²) in [5.41, 5.74) is 1.21. The normalized spacial score (nSPS) is 26.8. The van der Waals surface area contributed by atoms with Crippen LogP contribution in [0.15, 0.2) is 18.2 Å². The molecule has 0 aromatic carbocycles. The van der Waals surface area contributed by atoms with Crippen LogP contribution in [0, 0.1) is 11.8 Å². The lowest BCUT2D eigenvalue weighted by atomic mass is 9.86. The van der Waals surface area contributed by atoms with Crippen molar-refractivity contribution in [1.82, 2.24) is 25.4 Å². The van der Waals surface area contributed by atoms with E-state index in [2.05, 4.69) is 57.5 Å². The van der Waals surface area contributed by atoms with E-state index in [-0.39, 0.29) is 6.03 Å². The van der Waals surface area contributed by atoms with Gasteiger partial charge in [-0.3, -0.25) is 4.57 Å². The van der Waals surface area contributed by atoms with Crippen molar-refractivity contribution < 1.29 is 4.79 Å². The van der Waals surface area contributed by atoms with Gasteiger partial charge < -0.3 is 10.6 Å². The number of carbonyl (C=O) groups is 1. The Labute approximate surface area is 174 Å². The molecule has 29 heavy (non-hydrogen) atoms. The molecule has 2 fully saturated rings. The molecule has 158 valence electrons. The maximum atomic E-state index is 12.2. The number of amides is 2. The molecule has 1 aromatic heterocycles. The minimum Gasteiger partial charge on any atom is -0.338 e. The van der Waals surface area contributed by atoms with Crippen molar-refractivity contribution >= 4 is 11.7 Å². The van der Waals surface area contributed by atoms with Gasteiger partial charge in [-0.1, -0.05) is 38.8 Å². The predicted molar refractivity (Wildman–Crippen MR) is 115 cm³/mol. The summed E-state index contributed by atoms with van der Waals surface area (Å²) >= 11 is 0. The Morgan fingerprint density at radius 1 is 1.17 bits per heavy atom. The van der Waals surface area contributed by atoms with E-state index in [1.807, 2.05) is 0 Å². The monoisotopic (exact) mass is 397 g/mol. The van der Waals surface area contributed by atoms with Gasteiger partial charge in [0.15, 0.2) is 0 Å². The number of rotatable bonds is 7. The first-order valence-electron chi connectivity index (χ1n) is 11.5. The van der Waals surface area contributed by atoms with E-state index in [1.165, 1.54) is 37.8 Å². The smallest absolute Gasteiger partial charge is 0.315 e. The Morgan fingerprint density at radius 3 is 2.72 bits per heavy atom. The van der Waals surface area contributed by atoms with E-state index >= 15 is 0 Å². The summed E-state index contributed by atoms with van der Waals surface area (Å²) in [7, 11) is 0. The largest absolute Gasteiger partial charge is 0.338 e. The molecule has 6 heteroatoms. The Hall–Kier alpha value is -2.11. The van der Waals surface area contributed by atoms with Gasteiger partial charge >= 0.3 is 6.03 Å². The van der Waals surface area contributed by atoms with Gasteiger partial charge in [0, 0.05) is 30.6 Å². The van der Waals surface area contributed by atoms with E-state index in [0.29, 0.717) is 30.3 Å². The predicted octanol–water partition coefficient (Wildman–Crippen LogP) is 4.40. The van der Waals surface area contributed by atoms with Crippen molar-refractivity contribution in [2.24, 2.45) is 11.8 Å². The molecular weight excluding hydrogens is 362 g/mol. The van der Waals surface area contributed by atoms with E-state index in [1.54, 1.807) is 0 Å². The molecule has 2 saturated carbocycles. The van der Waals surface area contributed by atoms with Gasteiger partial charge in [-0.2, -0.15) is 0 Å². The average molecular weight is 398 g/mol. The van der Waals surface area contributed by atoms with Gasteiger partial charge in [-0.25, -0.2) is 4.79 Å². The van der Waals surface area contributed by atoms with Crippen LogP contribution in [0.5, 0.6) is 0 Å². The molecule has 1 aromatic rings. The number of allylic oxidation sites excluding steroid dienone is 4. The van der Waals surface area contributed by atoms with E-state index in [4.69, 9.17) is 0 Å². The number of nitrogens with one attached hydrogen (secondary N) is 2. The number of aromatic nitrogens is 3. The van der Waals surface area contributed by atoms with E-state index in [9.17, 15) is 4.79 Å². The SMILES string of the molecule is CC1C=CC(n2c(CCCNC(=O)NC3CCCCC3C)nnc2C2CC2)=CC1. The molecule has 3 unspecified atom stereocenters. The third kappa shape index (κ3) is 5.09. The van der Waals surface area contributed by atoms with Crippen molar-refractivity contribution in [3.8, 4) is 0 Å². The lowest BCUT2D eigenvalue weighted by Crippen LogP contribution is -2.46. The second kappa shape index (κ2) is 9.14. The molecule has 0 bridgehead atoms. The van der Waals surface area contributed by atoms with Crippen LogP contribution in [0.2, 0.25) is 0 Å². The van der Waals surface area contributed by atoms with Crippen LogP contribution in [0.4, 0.5) is 4.79 Å². The zero-order valence-electron chi connectivity index (χ0n) is 17.9. The van der Waals surface area contributed by atoms with Gasteiger partial charge in [-0.15, -0.1) is 10.2 Å². The molecule has 3 aliphatic carbocycles. The minimum atomic E-state index is -0.0317. The maximum Gasteiger partial charge on any atom is 0.315 e. The highest BCUT2D eigenvalue weighted by atomic mass is 16.2. The van der Waals surface area contributed by atoms with Crippen molar-refractivity contribution in [2.75, 3.05) is 6.54 Å². The number of hydrogen-bond acceptors (Lipinski definition) is 3. The van der Waals surface area contributed by atoms with Crippen molar-refractivity contribution in [1.29, 1.82) is 0 Å². The summed E-state index contributed by atoms with van der Waals surface area (Å²) in [6, 6.07) is 0.288. The van der Waals surface area contributed by atoms with E-state index in [0.717, 1.165) is 37.3 Å². The first-order chi connectivity index (χ1) is 14.1. The molecule has 3 aliphatic rings. The molecule has 0 saturated heterocycles. The quantitative estimate of drug-likeness (QED) is 0.670. The van der Waals surface area contributed by atoms with Crippen LogP contribution >= 0.6 is 0 Å². The summed E-state index contributed by atoms with van der Waals surface area (Å²) in [6.45, 7) is 5.14. The van der Waals surface area contributed by atoms with Crippen LogP contribution in [0.1, 0.15) is 82.8 Å². The molecule has 0 spiro atoms. The summed E-state index contributed by atoms with van der Waals surface area (Å²) in [5, 5.41) is 15.2. The van der Waals surface area contributed by atoms with Gasteiger partial charge in [0.05, 0.1) is 0 Å². The first kappa shape index (κ1) is 20.2. The Morgan fingerprint density at radius 2 is 2.00 bits per heavy atom. The molecule has 2 N–H and O–H groups in total. The Balaban J connectivity index is 1.30. The summed E-state index contributed by atoms with van der Waals surface area (Å²) in [4.78, 5) is 12.2. The zero-order valence-corrected chi connectivity index (χ0v) is 17.9. The molecule has 6 nitrogen and oxygen atoms in total. The highest BCUT2D eigenvalue weighted by Crippen LogP contribution is 2.40. The molecule has 3 atom stereocenters. The van der Waals surface area contributed by atoms with Crippen molar-refractivity contribution in [3.05, 3.63) is 29.9 Å². The summed E-state index contributed by atoms with van der Waals surface area (Å²) in [5.74, 6) is 3.86. The van der Waals surface area contributed by atoms with E-state index < -0.39 is 0 Å². The lowest BCUT2D eigenvalue weighted by molar-refractivity contribution is 0.221. The number of hydrogen-bond donors (Lipinski definition) is 2. The standard InChI is InChI=1S/C23H35N5O/c1-16-9-13-19(14-10-16)28-21(26-27-22(28)18-11-12-18)8-5-15-24-23(29)25-20-7-4-3-6-17(20)2/h9,13-14,16-18,20H,3-8,10-12,15H2,1-2H3,(H2,24,25,29). The zero-order chi connectivity index (χ0) is 20.2. The molecule has 4 rings (SSSR count). The highest BCUT2D eigenvalue weighted by Gasteiger charge is 2.31. The minimum absolute atomic E-state index is 0.0317.